The summed E-state index contributed by atoms with van der Waals surface area (Å²) >= 11 is 1.16. The Kier molecular flexibility index (Phi) is 5.39. The lowest BCUT2D eigenvalue weighted by Crippen LogP contribution is -2.57. The molecule has 1 aliphatic heterocycles. The van der Waals surface area contributed by atoms with Gasteiger partial charge in [-0.15, -0.1) is 0 Å². The summed E-state index contributed by atoms with van der Waals surface area (Å²) < 4.78 is 5.40. The van der Waals surface area contributed by atoms with Crippen LogP contribution in [0.2, 0.25) is 0 Å². The third kappa shape index (κ3) is 3.32. The van der Waals surface area contributed by atoms with Gasteiger partial charge in [-0.1, -0.05) is 23.9 Å². The molecule has 0 aromatic heterocycles. The highest BCUT2D eigenvalue weighted by Gasteiger charge is 2.43. The van der Waals surface area contributed by atoms with Crippen LogP contribution in [-0.2, 0) is 11.3 Å². The minimum Gasteiger partial charge on any atom is -0.394 e. The molecule has 0 bridgehead atoms. The van der Waals surface area contributed by atoms with Crippen molar-refractivity contribution in [1.82, 2.24) is 0 Å². The monoisotopic (exact) mass is 302 g/mol. The summed E-state index contributed by atoms with van der Waals surface area (Å²) in [6.45, 7) is -0.540. The largest absolute Gasteiger partial charge is 0.394 e. The summed E-state index contributed by atoms with van der Waals surface area (Å²) in [5.74, 6) is 0. The predicted octanol–water partition coefficient (Wildman–Crippen LogP) is -0.929. The van der Waals surface area contributed by atoms with Crippen molar-refractivity contribution in [2.45, 2.75) is 41.4 Å². The first-order chi connectivity index (χ1) is 9.56. The molecule has 2 rings (SSSR count). The molecule has 1 aromatic rings. The first kappa shape index (κ1) is 15.7. The van der Waals surface area contributed by atoms with Gasteiger partial charge in [-0.2, -0.15) is 0 Å². The molecule has 20 heavy (non-hydrogen) atoms. The topological polar surface area (TPSA) is 110 Å². The van der Waals surface area contributed by atoms with E-state index in [4.69, 9.17) is 14.9 Å². The van der Waals surface area contributed by atoms with Crippen LogP contribution in [0.1, 0.15) is 5.56 Å². The second-order valence-corrected chi connectivity index (χ2v) is 5.79. The van der Waals surface area contributed by atoms with Gasteiger partial charge in [0.2, 0.25) is 0 Å². The number of benzene rings is 1. The van der Waals surface area contributed by atoms with Crippen LogP contribution >= 0.6 is 11.8 Å². The average Bonchev–Trinajstić information content (AvgIpc) is 2.48. The van der Waals surface area contributed by atoms with Gasteiger partial charge in [0.15, 0.2) is 0 Å². The number of ether oxygens (including phenoxy) is 1. The molecule has 0 amide bonds. The molecule has 0 spiro atoms. The molecule has 1 heterocycles. The van der Waals surface area contributed by atoms with Gasteiger partial charge in [-0.05, 0) is 17.7 Å². The first-order valence-electron chi connectivity index (χ1n) is 6.23. The van der Waals surface area contributed by atoms with Crippen molar-refractivity contribution < 1.29 is 30.3 Å². The maximum Gasteiger partial charge on any atom is 0.136 e. The van der Waals surface area contributed by atoms with Gasteiger partial charge in [-0.3, -0.25) is 0 Å². The average molecular weight is 302 g/mol. The zero-order chi connectivity index (χ0) is 14.7. The van der Waals surface area contributed by atoms with Gasteiger partial charge in [-0.25, -0.2) is 0 Å². The fraction of sp³-hybridized carbons (Fsp3) is 0.538. The number of hydrogen-bond acceptors (Lipinski definition) is 7. The summed E-state index contributed by atoms with van der Waals surface area (Å²) in [6, 6.07) is 7.05. The van der Waals surface area contributed by atoms with Crippen molar-refractivity contribution in [2.24, 2.45) is 0 Å². The Morgan fingerprint density at radius 1 is 1.05 bits per heavy atom. The molecule has 5 N–H and O–H groups in total. The third-order valence-electron chi connectivity index (χ3n) is 3.18. The molecule has 0 aliphatic carbocycles. The maximum atomic E-state index is 9.92. The van der Waals surface area contributed by atoms with Gasteiger partial charge in [0.05, 0.1) is 13.2 Å². The van der Waals surface area contributed by atoms with E-state index in [1.807, 2.05) is 0 Å². The summed E-state index contributed by atoms with van der Waals surface area (Å²) in [4.78, 5) is 0.751. The van der Waals surface area contributed by atoms with Crippen molar-refractivity contribution in [1.29, 1.82) is 0 Å². The molecule has 112 valence electrons. The van der Waals surface area contributed by atoms with Crippen LogP contribution in [0.4, 0.5) is 0 Å². The van der Waals surface area contributed by atoms with E-state index in [2.05, 4.69) is 0 Å². The van der Waals surface area contributed by atoms with Crippen LogP contribution in [0.15, 0.2) is 29.2 Å². The Balaban J connectivity index is 2.10. The molecule has 0 saturated carbocycles. The van der Waals surface area contributed by atoms with E-state index >= 15 is 0 Å². The Morgan fingerprint density at radius 2 is 1.80 bits per heavy atom. The lowest BCUT2D eigenvalue weighted by atomic mass is 10.0. The van der Waals surface area contributed by atoms with E-state index in [-0.39, 0.29) is 6.61 Å². The van der Waals surface area contributed by atoms with E-state index in [0.29, 0.717) is 0 Å². The zero-order valence-corrected chi connectivity index (χ0v) is 11.5. The Hall–Kier alpha value is -0.670. The van der Waals surface area contributed by atoms with Crippen LogP contribution in [0, 0.1) is 0 Å². The van der Waals surface area contributed by atoms with Gasteiger partial charge < -0.3 is 30.3 Å². The molecule has 5 atom stereocenters. The van der Waals surface area contributed by atoms with E-state index in [9.17, 15) is 15.3 Å². The van der Waals surface area contributed by atoms with Crippen LogP contribution in [0.5, 0.6) is 0 Å². The second kappa shape index (κ2) is 6.86. The highest BCUT2D eigenvalue weighted by Crippen LogP contribution is 2.33. The van der Waals surface area contributed by atoms with E-state index in [0.717, 1.165) is 22.2 Å². The smallest absolute Gasteiger partial charge is 0.136 e. The lowest BCUT2D eigenvalue weighted by Gasteiger charge is -2.39. The fourth-order valence-corrected chi connectivity index (χ4v) is 3.16. The van der Waals surface area contributed by atoms with Crippen molar-refractivity contribution in [3.63, 3.8) is 0 Å². The maximum absolute atomic E-state index is 9.92. The van der Waals surface area contributed by atoms with Crippen LogP contribution in [-0.4, -0.2) is 62.0 Å². The third-order valence-corrected chi connectivity index (χ3v) is 4.33. The number of thioether (sulfide) groups is 1. The summed E-state index contributed by atoms with van der Waals surface area (Å²) in [5.41, 5.74) is -0.0842. The zero-order valence-electron chi connectivity index (χ0n) is 10.7. The van der Waals surface area contributed by atoms with Gasteiger partial charge >= 0.3 is 0 Å². The molecule has 7 heteroatoms. The fourth-order valence-electron chi connectivity index (χ4n) is 2.02. The van der Waals surface area contributed by atoms with Crippen molar-refractivity contribution in [2.75, 3.05) is 6.61 Å². The lowest BCUT2D eigenvalue weighted by molar-refractivity contribution is -0.205. The van der Waals surface area contributed by atoms with Gasteiger partial charge in [0.25, 0.3) is 0 Å². The number of rotatable bonds is 4. The second-order valence-electron chi connectivity index (χ2n) is 4.62. The predicted molar refractivity (Wildman–Crippen MR) is 72.0 cm³/mol. The van der Waals surface area contributed by atoms with Crippen LogP contribution < -0.4 is 0 Å². The SMILES string of the molecule is OCc1cccc(S[C@@H]2O[C@H](CO)[C@@H](O)[C@H](O)[C@H]2O)c1. The normalized spacial score (nSPS) is 34.1. The molecule has 0 unspecified atom stereocenters. The first-order valence-corrected chi connectivity index (χ1v) is 7.11. The molecule has 1 aliphatic rings. The molecule has 1 aromatic carbocycles. The minimum atomic E-state index is -1.38. The molecule has 6 nitrogen and oxygen atoms in total. The minimum absolute atomic E-state index is 0.0942. The van der Waals surface area contributed by atoms with Crippen LogP contribution in [0.3, 0.4) is 0 Å². The molecule has 1 fully saturated rings. The van der Waals surface area contributed by atoms with E-state index < -0.39 is 36.5 Å². The standard InChI is InChI=1S/C13H18O6S/c14-5-7-2-1-3-8(4-7)20-13-12(18)11(17)10(16)9(6-15)19-13/h1-4,9-18H,5-6H2/t9-,10-,11+,12-,13+/m1/s1. The highest BCUT2D eigenvalue weighted by molar-refractivity contribution is 7.99. The summed E-state index contributed by atoms with van der Waals surface area (Å²) in [7, 11) is 0. The summed E-state index contributed by atoms with van der Waals surface area (Å²) in [6.07, 6.45) is -4.91. The van der Waals surface area contributed by atoms with E-state index in [1.54, 1.807) is 24.3 Å². The Morgan fingerprint density at radius 3 is 2.45 bits per heavy atom. The quantitative estimate of drug-likeness (QED) is 0.489. The van der Waals surface area contributed by atoms with Crippen molar-refractivity contribution in [3.8, 4) is 0 Å². The van der Waals surface area contributed by atoms with Crippen molar-refractivity contribution >= 4 is 11.8 Å². The van der Waals surface area contributed by atoms with Crippen molar-refractivity contribution in [3.05, 3.63) is 29.8 Å². The molecular weight excluding hydrogens is 284 g/mol. The Bertz CT molecular complexity index is 441. The number of aliphatic hydroxyl groups excluding tert-OH is 5. The van der Waals surface area contributed by atoms with E-state index in [1.165, 1.54) is 0 Å². The van der Waals surface area contributed by atoms with Gasteiger partial charge in [0, 0.05) is 4.90 Å². The number of hydrogen-bond donors (Lipinski definition) is 5. The summed E-state index contributed by atoms with van der Waals surface area (Å²) in [5, 5.41) is 47.5. The molecular formula is C13H18O6S. The Labute approximate surface area is 120 Å². The molecule has 0 radical (unpaired) electrons. The van der Waals surface area contributed by atoms with Crippen LogP contribution in [0.25, 0.3) is 0 Å². The highest BCUT2D eigenvalue weighted by atomic mass is 32.2. The van der Waals surface area contributed by atoms with Gasteiger partial charge in [0.1, 0.15) is 29.9 Å². The molecule has 1 saturated heterocycles. The number of aliphatic hydroxyl groups is 5.